The normalized spacial score (nSPS) is 12.0. The van der Waals surface area contributed by atoms with Crippen LogP contribution >= 0.6 is 0 Å². The van der Waals surface area contributed by atoms with Gasteiger partial charge in [0.25, 0.3) is 0 Å². The first-order valence-electron chi connectivity index (χ1n) is 13.2. The number of hydrogen-bond acceptors (Lipinski definition) is 7. The molecule has 4 aromatic rings. The summed E-state index contributed by atoms with van der Waals surface area (Å²) in [4.78, 5) is 13.6. The van der Waals surface area contributed by atoms with Gasteiger partial charge in [-0.25, -0.2) is 4.79 Å². The van der Waals surface area contributed by atoms with E-state index in [1.165, 1.54) is 30.1 Å². The summed E-state index contributed by atoms with van der Waals surface area (Å²) in [6.07, 6.45) is 5.88. The van der Waals surface area contributed by atoms with Crippen molar-refractivity contribution in [1.82, 2.24) is 15.0 Å². The summed E-state index contributed by atoms with van der Waals surface area (Å²) in [6.45, 7) is 6.14. The van der Waals surface area contributed by atoms with Crippen LogP contribution in [0.1, 0.15) is 57.9 Å². The van der Waals surface area contributed by atoms with Gasteiger partial charge in [0.05, 0.1) is 6.61 Å². The third-order valence-corrected chi connectivity index (χ3v) is 6.40. The summed E-state index contributed by atoms with van der Waals surface area (Å²) >= 11 is 0. The number of aromatic hydroxyl groups is 2. The van der Waals surface area contributed by atoms with Crippen molar-refractivity contribution in [2.45, 2.75) is 65.4 Å². The smallest absolute Gasteiger partial charge is 0.347 e. The van der Waals surface area contributed by atoms with Crippen molar-refractivity contribution in [3.63, 3.8) is 0 Å². The molecule has 2 N–H and O–H groups in total. The number of benzene rings is 3. The van der Waals surface area contributed by atoms with Gasteiger partial charge in [0.2, 0.25) is 0 Å². The number of phenols is 2. The number of esters is 1. The van der Waals surface area contributed by atoms with E-state index in [1.54, 1.807) is 25.1 Å². The standard InChI is InChI=1S/C30H35N3O5/c1-4-5-6-7-8-9-17-37-30(36)21(3)38-22-14-15-26(28(35)19-22)33-31-25-12-10-11-23(29(25)32-33)24-18-20(2)13-16-27(24)34/h10-16,18-19,21,34-35H,4-9,17H2,1-3H3. The number of carbonyl (C=O) groups excluding carboxylic acids is 1. The van der Waals surface area contributed by atoms with Crippen LogP contribution in [0.3, 0.4) is 0 Å². The first-order valence-corrected chi connectivity index (χ1v) is 13.2. The number of unbranched alkanes of at least 4 members (excludes halogenated alkanes) is 5. The molecule has 1 unspecified atom stereocenters. The quantitative estimate of drug-likeness (QED) is 0.164. The van der Waals surface area contributed by atoms with Crippen LogP contribution in [-0.2, 0) is 9.53 Å². The zero-order chi connectivity index (χ0) is 27.1. The van der Waals surface area contributed by atoms with Gasteiger partial charge in [-0.05, 0) is 50.6 Å². The van der Waals surface area contributed by atoms with Gasteiger partial charge in [0.15, 0.2) is 6.10 Å². The minimum absolute atomic E-state index is 0.101. The molecule has 3 aromatic carbocycles. The summed E-state index contributed by atoms with van der Waals surface area (Å²) in [5.74, 6) is -0.0524. The summed E-state index contributed by atoms with van der Waals surface area (Å²) in [5.41, 5.74) is 3.97. The van der Waals surface area contributed by atoms with E-state index in [1.807, 2.05) is 37.3 Å². The Morgan fingerprint density at radius 3 is 2.50 bits per heavy atom. The minimum atomic E-state index is -0.810. The fourth-order valence-electron chi connectivity index (χ4n) is 4.30. The fraction of sp³-hybridized carbons (Fsp3) is 0.367. The SMILES string of the molecule is CCCCCCCCOC(=O)C(C)Oc1ccc(-n2nc3cccc(-c4cc(C)ccc4O)c3n2)c(O)c1. The lowest BCUT2D eigenvalue weighted by atomic mass is 10.0. The molecular formula is C30H35N3O5. The zero-order valence-electron chi connectivity index (χ0n) is 22.2. The molecule has 0 fully saturated rings. The average molecular weight is 518 g/mol. The Kier molecular flexibility index (Phi) is 8.84. The first-order chi connectivity index (χ1) is 18.4. The highest BCUT2D eigenvalue weighted by Gasteiger charge is 2.19. The lowest BCUT2D eigenvalue weighted by Crippen LogP contribution is -2.26. The van der Waals surface area contributed by atoms with Crippen LogP contribution in [0.2, 0.25) is 0 Å². The second-order valence-electron chi connectivity index (χ2n) is 9.53. The van der Waals surface area contributed by atoms with Crippen molar-refractivity contribution in [2.24, 2.45) is 0 Å². The average Bonchev–Trinajstić information content (AvgIpc) is 3.33. The predicted octanol–water partition coefficient (Wildman–Crippen LogP) is 6.48. The van der Waals surface area contributed by atoms with Crippen LogP contribution in [0, 0.1) is 6.92 Å². The molecule has 0 aliphatic rings. The highest BCUT2D eigenvalue weighted by molar-refractivity contribution is 5.93. The van der Waals surface area contributed by atoms with Crippen molar-refractivity contribution in [3.8, 4) is 34.1 Å². The Hall–Kier alpha value is -4.07. The monoisotopic (exact) mass is 517 g/mol. The van der Waals surface area contributed by atoms with Crippen molar-refractivity contribution < 1.29 is 24.5 Å². The number of ether oxygens (including phenoxy) is 2. The topological polar surface area (TPSA) is 107 Å². The Bertz CT molecular complexity index is 1400. The van der Waals surface area contributed by atoms with Crippen molar-refractivity contribution in [3.05, 3.63) is 60.2 Å². The largest absolute Gasteiger partial charge is 0.507 e. The highest BCUT2D eigenvalue weighted by Crippen LogP contribution is 2.35. The number of hydrogen-bond donors (Lipinski definition) is 2. The lowest BCUT2D eigenvalue weighted by Gasteiger charge is -2.15. The lowest BCUT2D eigenvalue weighted by molar-refractivity contribution is -0.151. The summed E-state index contributed by atoms with van der Waals surface area (Å²) < 4.78 is 11.0. The predicted molar refractivity (Wildman–Crippen MR) is 147 cm³/mol. The van der Waals surface area contributed by atoms with Crippen LogP contribution in [0.4, 0.5) is 0 Å². The minimum Gasteiger partial charge on any atom is -0.507 e. The van der Waals surface area contributed by atoms with Crippen LogP contribution in [0.15, 0.2) is 54.6 Å². The van der Waals surface area contributed by atoms with Crippen molar-refractivity contribution >= 4 is 17.0 Å². The summed E-state index contributed by atoms with van der Waals surface area (Å²) in [7, 11) is 0. The number of fused-ring (bicyclic) bond motifs is 1. The molecule has 8 heteroatoms. The zero-order valence-corrected chi connectivity index (χ0v) is 22.2. The second kappa shape index (κ2) is 12.4. The Morgan fingerprint density at radius 1 is 0.921 bits per heavy atom. The molecule has 38 heavy (non-hydrogen) atoms. The molecule has 1 atom stereocenters. The highest BCUT2D eigenvalue weighted by atomic mass is 16.6. The molecule has 0 amide bonds. The molecule has 0 saturated heterocycles. The van der Waals surface area contributed by atoms with E-state index in [9.17, 15) is 15.0 Å². The van der Waals surface area contributed by atoms with Gasteiger partial charge in [-0.3, -0.25) is 0 Å². The van der Waals surface area contributed by atoms with Crippen molar-refractivity contribution in [1.29, 1.82) is 0 Å². The molecule has 200 valence electrons. The van der Waals surface area contributed by atoms with Gasteiger partial charge < -0.3 is 19.7 Å². The van der Waals surface area contributed by atoms with Crippen LogP contribution in [0.25, 0.3) is 27.8 Å². The summed E-state index contributed by atoms with van der Waals surface area (Å²) in [5, 5.41) is 30.2. The van der Waals surface area contributed by atoms with E-state index < -0.39 is 12.1 Å². The first kappa shape index (κ1) is 27.0. The molecule has 4 rings (SSSR count). The van der Waals surface area contributed by atoms with Gasteiger partial charge in [-0.2, -0.15) is 0 Å². The van der Waals surface area contributed by atoms with Gasteiger partial charge in [-0.1, -0.05) is 62.8 Å². The van der Waals surface area contributed by atoms with E-state index in [4.69, 9.17) is 9.47 Å². The van der Waals surface area contributed by atoms with Gasteiger partial charge >= 0.3 is 5.97 Å². The maximum Gasteiger partial charge on any atom is 0.347 e. The van der Waals surface area contributed by atoms with Crippen molar-refractivity contribution in [2.75, 3.05) is 6.61 Å². The van der Waals surface area contributed by atoms with Crippen LogP contribution in [-0.4, -0.2) is 43.9 Å². The molecule has 1 heterocycles. The molecule has 1 aromatic heterocycles. The summed E-state index contributed by atoms with van der Waals surface area (Å²) in [6, 6.07) is 15.6. The Morgan fingerprint density at radius 2 is 1.71 bits per heavy atom. The molecule has 8 nitrogen and oxygen atoms in total. The molecule has 0 radical (unpaired) electrons. The van der Waals surface area contributed by atoms with Gasteiger partial charge in [0.1, 0.15) is 34.0 Å². The number of rotatable bonds is 12. The Balaban J connectivity index is 1.43. The van der Waals surface area contributed by atoms with Crippen LogP contribution in [0.5, 0.6) is 17.2 Å². The second-order valence-corrected chi connectivity index (χ2v) is 9.53. The van der Waals surface area contributed by atoms with E-state index in [2.05, 4.69) is 17.1 Å². The van der Waals surface area contributed by atoms with E-state index in [-0.39, 0.29) is 11.5 Å². The van der Waals surface area contributed by atoms with E-state index in [0.29, 0.717) is 34.6 Å². The molecule has 0 aliphatic carbocycles. The fourth-order valence-corrected chi connectivity index (χ4v) is 4.30. The van der Waals surface area contributed by atoms with E-state index >= 15 is 0 Å². The number of nitrogens with zero attached hydrogens (tertiary/aromatic N) is 3. The molecule has 0 bridgehead atoms. The number of phenolic OH excluding ortho intramolecular Hbond substituents is 2. The maximum atomic E-state index is 12.3. The van der Waals surface area contributed by atoms with Gasteiger partial charge in [-0.15, -0.1) is 15.0 Å². The molecule has 0 saturated carbocycles. The third kappa shape index (κ3) is 6.43. The van der Waals surface area contributed by atoms with Gasteiger partial charge in [0, 0.05) is 17.2 Å². The van der Waals surface area contributed by atoms with Crippen LogP contribution < -0.4 is 4.74 Å². The molecular weight excluding hydrogens is 482 g/mol. The Labute approximate surface area is 222 Å². The van der Waals surface area contributed by atoms with E-state index in [0.717, 1.165) is 30.4 Å². The number of carbonyl (C=O) groups is 1. The molecule has 0 spiro atoms. The number of aryl methyl sites for hydroxylation is 1. The maximum absolute atomic E-state index is 12.3. The third-order valence-electron chi connectivity index (χ3n) is 6.40. The number of aromatic nitrogens is 3. The molecule has 0 aliphatic heterocycles.